The van der Waals surface area contributed by atoms with Crippen molar-refractivity contribution < 1.29 is 18.7 Å². The Balaban J connectivity index is 1.53. The smallest absolute Gasteiger partial charge is 0.267 e. The molecule has 0 atom stereocenters. The maximum Gasteiger partial charge on any atom is 0.267 e. The van der Waals surface area contributed by atoms with Gasteiger partial charge in [0.2, 0.25) is 5.79 Å². The van der Waals surface area contributed by atoms with Crippen molar-refractivity contribution in [2.75, 3.05) is 19.8 Å². The Morgan fingerprint density at radius 2 is 2.00 bits per heavy atom. The molecule has 26 heavy (non-hydrogen) atoms. The van der Waals surface area contributed by atoms with E-state index in [0.29, 0.717) is 35.1 Å². The van der Waals surface area contributed by atoms with Crippen LogP contribution in [0.5, 0.6) is 0 Å². The van der Waals surface area contributed by atoms with Gasteiger partial charge in [0.05, 0.1) is 31.5 Å². The van der Waals surface area contributed by atoms with Crippen LogP contribution in [0.3, 0.4) is 0 Å². The number of carbonyl (C=O) groups is 1. The minimum Gasteiger partial charge on any atom is -0.349 e. The number of amides is 1. The molecule has 2 N–H and O–H groups in total. The van der Waals surface area contributed by atoms with Gasteiger partial charge in [-0.15, -0.1) is 0 Å². The summed E-state index contributed by atoms with van der Waals surface area (Å²) in [6.45, 7) is 0.874. The van der Waals surface area contributed by atoms with Crippen LogP contribution in [0.2, 0.25) is 5.15 Å². The highest BCUT2D eigenvalue weighted by atomic mass is 35.5. The SMILES string of the molecule is O=C(NCC1(c2ccc(F)cc2)OCCO1)c1cc2cc(Cl)ncc2[nH]1. The first kappa shape index (κ1) is 17.0. The second-order valence-corrected chi connectivity index (χ2v) is 6.30. The summed E-state index contributed by atoms with van der Waals surface area (Å²) >= 11 is 5.87. The quantitative estimate of drug-likeness (QED) is 0.687. The molecule has 134 valence electrons. The predicted octanol–water partition coefficient (Wildman–Crippen LogP) is 2.99. The molecule has 8 heteroatoms. The van der Waals surface area contributed by atoms with Gasteiger partial charge in [-0.3, -0.25) is 4.79 Å². The lowest BCUT2D eigenvalue weighted by Gasteiger charge is -2.28. The van der Waals surface area contributed by atoms with Gasteiger partial charge in [0.1, 0.15) is 16.7 Å². The maximum absolute atomic E-state index is 13.2. The van der Waals surface area contributed by atoms with E-state index >= 15 is 0 Å². The van der Waals surface area contributed by atoms with Gasteiger partial charge in [-0.25, -0.2) is 9.37 Å². The molecule has 3 aromatic rings. The predicted molar refractivity (Wildman–Crippen MR) is 93.4 cm³/mol. The molecule has 0 bridgehead atoms. The fraction of sp³-hybridized carbons (Fsp3) is 0.222. The van der Waals surface area contributed by atoms with Crippen LogP contribution >= 0.6 is 11.6 Å². The molecule has 1 aromatic carbocycles. The van der Waals surface area contributed by atoms with Gasteiger partial charge in [-0.2, -0.15) is 0 Å². The Kier molecular flexibility index (Phi) is 4.36. The first-order valence-corrected chi connectivity index (χ1v) is 8.40. The number of nitrogens with one attached hydrogen (secondary N) is 2. The van der Waals surface area contributed by atoms with Crippen LogP contribution in [-0.4, -0.2) is 35.6 Å². The molecular weight excluding hydrogens is 361 g/mol. The largest absolute Gasteiger partial charge is 0.349 e. The van der Waals surface area contributed by atoms with E-state index in [2.05, 4.69) is 15.3 Å². The fourth-order valence-corrected chi connectivity index (χ4v) is 3.11. The van der Waals surface area contributed by atoms with Crippen LogP contribution in [0.15, 0.2) is 42.6 Å². The van der Waals surface area contributed by atoms with Gasteiger partial charge >= 0.3 is 0 Å². The van der Waals surface area contributed by atoms with E-state index in [1.165, 1.54) is 12.1 Å². The summed E-state index contributed by atoms with van der Waals surface area (Å²) in [7, 11) is 0. The molecule has 1 aliphatic heterocycles. The van der Waals surface area contributed by atoms with Crippen molar-refractivity contribution in [1.29, 1.82) is 0 Å². The number of ether oxygens (including phenoxy) is 2. The summed E-state index contributed by atoms with van der Waals surface area (Å²) in [5.74, 6) is -1.80. The van der Waals surface area contributed by atoms with Gasteiger partial charge in [-0.05, 0) is 24.3 Å². The maximum atomic E-state index is 13.2. The monoisotopic (exact) mass is 375 g/mol. The number of aromatic nitrogens is 2. The van der Waals surface area contributed by atoms with Gasteiger partial charge in [-0.1, -0.05) is 23.7 Å². The van der Waals surface area contributed by atoms with Crippen molar-refractivity contribution in [3.05, 3.63) is 64.8 Å². The minimum absolute atomic E-state index is 0.0891. The molecule has 2 aromatic heterocycles. The lowest BCUT2D eigenvalue weighted by Crippen LogP contribution is -2.41. The summed E-state index contributed by atoms with van der Waals surface area (Å²) < 4.78 is 24.7. The minimum atomic E-state index is -1.12. The third-order valence-corrected chi connectivity index (χ3v) is 4.44. The van der Waals surface area contributed by atoms with E-state index < -0.39 is 5.79 Å². The summed E-state index contributed by atoms with van der Waals surface area (Å²) in [5.41, 5.74) is 1.72. The zero-order chi connectivity index (χ0) is 18.1. The van der Waals surface area contributed by atoms with Crippen LogP contribution in [0.1, 0.15) is 16.1 Å². The molecule has 1 fully saturated rings. The van der Waals surface area contributed by atoms with Crippen molar-refractivity contribution >= 4 is 28.4 Å². The van der Waals surface area contributed by atoms with Gasteiger partial charge in [0, 0.05) is 10.9 Å². The van der Waals surface area contributed by atoms with Crippen molar-refractivity contribution in [2.45, 2.75) is 5.79 Å². The fourth-order valence-electron chi connectivity index (χ4n) is 2.95. The third-order valence-electron chi connectivity index (χ3n) is 4.24. The number of fused-ring (bicyclic) bond motifs is 1. The first-order valence-electron chi connectivity index (χ1n) is 8.02. The number of pyridine rings is 1. The molecule has 1 amide bonds. The van der Waals surface area contributed by atoms with E-state index in [1.54, 1.807) is 30.5 Å². The zero-order valence-electron chi connectivity index (χ0n) is 13.6. The van der Waals surface area contributed by atoms with Crippen molar-refractivity contribution in [3.63, 3.8) is 0 Å². The molecule has 3 heterocycles. The Hall–Kier alpha value is -2.48. The molecule has 4 rings (SSSR count). The van der Waals surface area contributed by atoms with Crippen molar-refractivity contribution in [2.24, 2.45) is 0 Å². The Labute approximate surface area is 153 Å². The van der Waals surface area contributed by atoms with Crippen LogP contribution in [-0.2, 0) is 15.3 Å². The van der Waals surface area contributed by atoms with Crippen LogP contribution in [0.25, 0.3) is 10.9 Å². The van der Waals surface area contributed by atoms with E-state index in [4.69, 9.17) is 21.1 Å². The number of halogens is 2. The van der Waals surface area contributed by atoms with E-state index in [9.17, 15) is 9.18 Å². The van der Waals surface area contributed by atoms with Crippen molar-refractivity contribution in [3.8, 4) is 0 Å². The van der Waals surface area contributed by atoms with Crippen LogP contribution < -0.4 is 5.32 Å². The number of hydrogen-bond acceptors (Lipinski definition) is 4. The average Bonchev–Trinajstić information content (AvgIpc) is 3.27. The third kappa shape index (κ3) is 3.16. The molecule has 1 saturated heterocycles. The molecule has 0 spiro atoms. The standard InChI is InChI=1S/C18H15ClFN3O3/c19-16-8-11-7-14(23-15(11)9-21-16)17(24)22-10-18(25-5-6-26-18)12-1-3-13(20)4-2-12/h1-4,7-9,23H,5-6,10H2,(H,22,24). The van der Waals surface area contributed by atoms with Gasteiger partial charge < -0.3 is 19.8 Å². The summed E-state index contributed by atoms with van der Waals surface area (Å²) in [4.78, 5) is 19.5. The second-order valence-electron chi connectivity index (χ2n) is 5.92. The summed E-state index contributed by atoms with van der Waals surface area (Å²) in [5, 5.41) is 3.94. The van der Waals surface area contributed by atoms with E-state index in [1.807, 2.05) is 0 Å². The molecule has 0 aliphatic carbocycles. The highest BCUT2D eigenvalue weighted by Gasteiger charge is 2.39. The average molecular weight is 376 g/mol. The highest BCUT2D eigenvalue weighted by Crippen LogP contribution is 2.31. The Morgan fingerprint density at radius 1 is 1.27 bits per heavy atom. The zero-order valence-corrected chi connectivity index (χ0v) is 14.3. The molecule has 1 aliphatic rings. The molecule has 0 unspecified atom stereocenters. The second kappa shape index (κ2) is 6.68. The number of aromatic amines is 1. The van der Waals surface area contributed by atoms with Crippen LogP contribution in [0, 0.1) is 5.82 Å². The Bertz CT molecular complexity index is 952. The lowest BCUT2D eigenvalue weighted by molar-refractivity contribution is -0.160. The highest BCUT2D eigenvalue weighted by molar-refractivity contribution is 6.30. The van der Waals surface area contributed by atoms with E-state index in [-0.39, 0.29) is 18.3 Å². The Morgan fingerprint density at radius 3 is 2.73 bits per heavy atom. The van der Waals surface area contributed by atoms with Crippen molar-refractivity contribution in [1.82, 2.24) is 15.3 Å². The first-order chi connectivity index (χ1) is 12.6. The van der Waals surface area contributed by atoms with Crippen LogP contribution in [0.4, 0.5) is 4.39 Å². The molecule has 0 saturated carbocycles. The summed E-state index contributed by atoms with van der Waals surface area (Å²) in [6, 6.07) is 9.20. The number of benzene rings is 1. The molecular formula is C18H15ClFN3O3. The topological polar surface area (TPSA) is 76.2 Å². The number of nitrogens with zero attached hydrogens (tertiary/aromatic N) is 1. The number of rotatable bonds is 4. The number of carbonyl (C=O) groups excluding carboxylic acids is 1. The molecule has 0 radical (unpaired) electrons. The summed E-state index contributed by atoms with van der Waals surface area (Å²) in [6.07, 6.45) is 1.57. The molecule has 6 nitrogen and oxygen atoms in total. The normalized spacial score (nSPS) is 16.1. The van der Waals surface area contributed by atoms with E-state index in [0.717, 1.165) is 5.39 Å². The number of hydrogen-bond donors (Lipinski definition) is 2. The van der Waals surface area contributed by atoms with Gasteiger partial charge in [0.25, 0.3) is 5.91 Å². The van der Waals surface area contributed by atoms with Gasteiger partial charge in [0.15, 0.2) is 0 Å². The lowest BCUT2D eigenvalue weighted by atomic mass is 10.1. The number of H-pyrrole nitrogens is 1.